The molecule has 2 aromatic carbocycles. The molecule has 148 valence electrons. The van der Waals surface area contributed by atoms with Crippen molar-refractivity contribution in [2.24, 2.45) is 0 Å². The molecule has 1 amide bonds. The number of nitrogens with zero attached hydrogens (tertiary/aromatic N) is 2. The van der Waals surface area contributed by atoms with E-state index in [0.717, 1.165) is 9.98 Å². The number of amides is 1. The normalized spacial score (nSPS) is 17.3. The standard InChI is InChI=1S/C20H20Cl2N2O4/c21-16-3-1-2-4-17(16)24(22)20(27)15-7-5-14(6-8-15)18-13-23(11-12-28-18)10-9-19(25)26/h1-8,18H,9-13H2,(H,25,26). The van der Waals surface area contributed by atoms with Crippen LogP contribution in [0.3, 0.4) is 0 Å². The lowest BCUT2D eigenvalue weighted by molar-refractivity contribution is -0.137. The number of hydrogen-bond donors (Lipinski definition) is 1. The molecule has 0 aromatic heterocycles. The summed E-state index contributed by atoms with van der Waals surface area (Å²) in [5.74, 6) is -1.19. The maximum absolute atomic E-state index is 12.6. The third-order valence-corrected chi connectivity index (χ3v) is 5.22. The molecule has 1 fully saturated rings. The average Bonchev–Trinajstić information content (AvgIpc) is 2.72. The van der Waals surface area contributed by atoms with E-state index in [1.54, 1.807) is 36.4 Å². The van der Waals surface area contributed by atoms with Crippen LogP contribution in [0.4, 0.5) is 5.69 Å². The summed E-state index contributed by atoms with van der Waals surface area (Å²) in [6.45, 7) is 2.35. The molecule has 28 heavy (non-hydrogen) atoms. The first-order valence-electron chi connectivity index (χ1n) is 8.86. The predicted molar refractivity (Wildman–Crippen MR) is 108 cm³/mol. The molecule has 6 nitrogen and oxygen atoms in total. The third kappa shape index (κ3) is 5.02. The van der Waals surface area contributed by atoms with Gasteiger partial charge in [0, 0.05) is 37.0 Å². The molecule has 0 bridgehead atoms. The number of para-hydroxylation sites is 1. The smallest absolute Gasteiger partial charge is 0.304 e. The first kappa shape index (κ1) is 20.6. The van der Waals surface area contributed by atoms with Crippen LogP contribution >= 0.6 is 23.4 Å². The lowest BCUT2D eigenvalue weighted by Crippen LogP contribution is -2.39. The zero-order valence-corrected chi connectivity index (χ0v) is 16.6. The summed E-state index contributed by atoms with van der Waals surface area (Å²) in [4.78, 5) is 25.5. The zero-order chi connectivity index (χ0) is 20.1. The Morgan fingerprint density at radius 3 is 2.57 bits per heavy atom. The maximum atomic E-state index is 12.6. The predicted octanol–water partition coefficient (Wildman–Crippen LogP) is 3.99. The first-order valence-corrected chi connectivity index (χ1v) is 9.58. The molecule has 1 unspecified atom stereocenters. The van der Waals surface area contributed by atoms with E-state index in [2.05, 4.69) is 4.90 Å². The van der Waals surface area contributed by atoms with Gasteiger partial charge in [0.25, 0.3) is 5.91 Å². The summed E-state index contributed by atoms with van der Waals surface area (Å²) < 4.78 is 6.81. The second-order valence-corrected chi connectivity index (χ2v) is 7.21. The van der Waals surface area contributed by atoms with E-state index in [0.29, 0.717) is 42.5 Å². The van der Waals surface area contributed by atoms with E-state index < -0.39 is 5.97 Å². The minimum absolute atomic E-state index is 0.105. The van der Waals surface area contributed by atoms with Gasteiger partial charge in [-0.3, -0.25) is 14.5 Å². The second-order valence-electron chi connectivity index (χ2n) is 6.46. The van der Waals surface area contributed by atoms with Crippen LogP contribution in [0.15, 0.2) is 48.5 Å². The van der Waals surface area contributed by atoms with Gasteiger partial charge in [0.05, 0.1) is 29.8 Å². The summed E-state index contributed by atoms with van der Waals surface area (Å²) in [7, 11) is 0. The fourth-order valence-electron chi connectivity index (χ4n) is 3.04. The maximum Gasteiger partial charge on any atom is 0.304 e. The summed E-state index contributed by atoms with van der Waals surface area (Å²) in [6, 6.07) is 13.9. The molecule has 0 spiro atoms. The number of hydrogen-bond acceptors (Lipinski definition) is 4. The van der Waals surface area contributed by atoms with Gasteiger partial charge in [-0.25, -0.2) is 4.42 Å². The van der Waals surface area contributed by atoms with Gasteiger partial charge < -0.3 is 9.84 Å². The van der Waals surface area contributed by atoms with Crippen LogP contribution in [0, 0.1) is 0 Å². The Morgan fingerprint density at radius 1 is 1.18 bits per heavy atom. The number of morpholine rings is 1. The fourth-order valence-corrected chi connectivity index (χ4v) is 3.54. The molecule has 1 heterocycles. The highest BCUT2D eigenvalue weighted by Gasteiger charge is 2.23. The number of carbonyl (C=O) groups excluding carboxylic acids is 1. The number of halogens is 2. The molecule has 1 saturated heterocycles. The largest absolute Gasteiger partial charge is 0.481 e. The van der Waals surface area contributed by atoms with Crippen molar-refractivity contribution in [1.82, 2.24) is 4.90 Å². The first-order chi connectivity index (χ1) is 13.5. The molecule has 1 atom stereocenters. The van der Waals surface area contributed by atoms with Crippen LogP contribution in [0.5, 0.6) is 0 Å². The summed E-state index contributed by atoms with van der Waals surface area (Å²) >= 11 is 12.3. The van der Waals surface area contributed by atoms with E-state index in [1.165, 1.54) is 0 Å². The number of carbonyl (C=O) groups is 2. The van der Waals surface area contributed by atoms with Crippen molar-refractivity contribution in [2.75, 3.05) is 30.7 Å². The Hall–Kier alpha value is -2.12. The Bertz CT molecular complexity index is 844. The van der Waals surface area contributed by atoms with Gasteiger partial charge in [0.2, 0.25) is 0 Å². The van der Waals surface area contributed by atoms with E-state index in [9.17, 15) is 9.59 Å². The van der Waals surface area contributed by atoms with Crippen molar-refractivity contribution in [3.63, 3.8) is 0 Å². The van der Waals surface area contributed by atoms with Gasteiger partial charge >= 0.3 is 5.97 Å². The van der Waals surface area contributed by atoms with Crippen molar-refractivity contribution in [3.8, 4) is 0 Å². The average molecular weight is 423 g/mol. The SMILES string of the molecule is O=C(O)CCN1CCOC(c2ccc(C(=O)N(Cl)c3ccccc3Cl)cc2)C1. The zero-order valence-electron chi connectivity index (χ0n) is 15.1. The van der Waals surface area contributed by atoms with Crippen molar-refractivity contribution in [2.45, 2.75) is 12.5 Å². The van der Waals surface area contributed by atoms with Crippen LogP contribution in [-0.4, -0.2) is 48.1 Å². The molecule has 8 heteroatoms. The summed E-state index contributed by atoms with van der Waals surface area (Å²) in [5, 5.41) is 9.23. The number of rotatable bonds is 6. The number of aliphatic carboxylic acids is 1. The molecule has 2 aromatic rings. The van der Waals surface area contributed by atoms with Crippen LogP contribution in [-0.2, 0) is 9.53 Å². The van der Waals surface area contributed by atoms with Crippen molar-refractivity contribution < 1.29 is 19.4 Å². The number of anilines is 1. The molecule has 0 aliphatic carbocycles. The molecule has 1 N–H and O–H groups in total. The van der Waals surface area contributed by atoms with E-state index >= 15 is 0 Å². The van der Waals surface area contributed by atoms with Gasteiger partial charge in [-0.1, -0.05) is 35.9 Å². The van der Waals surface area contributed by atoms with Crippen LogP contribution in [0.1, 0.15) is 28.4 Å². The molecule has 1 aliphatic heterocycles. The van der Waals surface area contributed by atoms with Crippen molar-refractivity contribution in [1.29, 1.82) is 0 Å². The topological polar surface area (TPSA) is 70.1 Å². The van der Waals surface area contributed by atoms with E-state index in [-0.39, 0.29) is 18.4 Å². The molecule has 3 rings (SSSR count). The van der Waals surface area contributed by atoms with E-state index in [4.69, 9.17) is 33.2 Å². The van der Waals surface area contributed by atoms with Gasteiger partial charge in [-0.15, -0.1) is 0 Å². The van der Waals surface area contributed by atoms with Gasteiger partial charge in [-0.2, -0.15) is 0 Å². The minimum Gasteiger partial charge on any atom is -0.481 e. The van der Waals surface area contributed by atoms with Crippen LogP contribution < -0.4 is 4.42 Å². The van der Waals surface area contributed by atoms with Crippen LogP contribution in [0.25, 0.3) is 0 Å². The van der Waals surface area contributed by atoms with E-state index in [1.807, 2.05) is 12.1 Å². The molecular formula is C20H20Cl2N2O4. The number of benzene rings is 2. The minimum atomic E-state index is -0.810. The Labute approximate surface area is 173 Å². The highest BCUT2D eigenvalue weighted by Crippen LogP contribution is 2.29. The molecule has 0 radical (unpaired) electrons. The number of carboxylic acid groups (broad SMARTS) is 1. The summed E-state index contributed by atoms with van der Waals surface area (Å²) in [5.41, 5.74) is 1.78. The van der Waals surface area contributed by atoms with Gasteiger partial charge in [0.1, 0.15) is 0 Å². The summed E-state index contributed by atoms with van der Waals surface area (Å²) in [6.07, 6.45) is -0.0596. The van der Waals surface area contributed by atoms with Crippen molar-refractivity contribution >= 4 is 40.9 Å². The lowest BCUT2D eigenvalue weighted by Gasteiger charge is -2.32. The Kier molecular flexibility index (Phi) is 6.91. The van der Waals surface area contributed by atoms with Gasteiger partial charge in [-0.05, 0) is 29.8 Å². The number of ether oxygens (including phenoxy) is 1. The Balaban J connectivity index is 1.66. The van der Waals surface area contributed by atoms with Crippen molar-refractivity contribution in [3.05, 3.63) is 64.7 Å². The fraction of sp³-hybridized carbons (Fsp3) is 0.300. The highest BCUT2D eigenvalue weighted by molar-refractivity contribution is 6.43. The number of carboxylic acids is 1. The molecule has 0 saturated carbocycles. The molecule has 1 aliphatic rings. The van der Waals surface area contributed by atoms with Crippen LogP contribution in [0.2, 0.25) is 5.02 Å². The second kappa shape index (κ2) is 9.39. The monoisotopic (exact) mass is 422 g/mol. The quantitative estimate of drug-likeness (QED) is 0.712. The lowest BCUT2D eigenvalue weighted by atomic mass is 10.0. The van der Waals surface area contributed by atoms with Gasteiger partial charge in [0.15, 0.2) is 0 Å². The highest BCUT2D eigenvalue weighted by atomic mass is 35.5. The molecular weight excluding hydrogens is 403 g/mol. The Morgan fingerprint density at radius 2 is 1.89 bits per heavy atom. The third-order valence-electron chi connectivity index (χ3n) is 4.56.